The van der Waals surface area contributed by atoms with Crippen LogP contribution < -0.4 is 5.32 Å². The van der Waals surface area contributed by atoms with Crippen LogP contribution in [0.3, 0.4) is 0 Å². The van der Waals surface area contributed by atoms with E-state index >= 15 is 0 Å². The average molecular weight is 325 g/mol. The minimum atomic E-state index is -0.330. The molecule has 1 rings (SSSR count). The molecular formula is C11H15BrClNOS. The fourth-order valence-corrected chi connectivity index (χ4v) is 2.81. The van der Waals surface area contributed by atoms with Crippen molar-refractivity contribution in [2.45, 2.75) is 32.7 Å². The first-order valence-corrected chi connectivity index (χ1v) is 7.20. The van der Waals surface area contributed by atoms with Gasteiger partial charge in [-0.3, -0.25) is 4.79 Å². The largest absolute Gasteiger partial charge is 0.345 e. The zero-order valence-corrected chi connectivity index (χ0v) is 12.7. The monoisotopic (exact) mass is 323 g/mol. The van der Waals surface area contributed by atoms with Crippen LogP contribution in [0.15, 0.2) is 9.85 Å². The number of alkyl halides is 1. The highest BCUT2D eigenvalue weighted by Gasteiger charge is 2.24. The van der Waals surface area contributed by atoms with Gasteiger partial charge in [0.15, 0.2) is 0 Å². The Bertz CT molecular complexity index is 368. The maximum Gasteiger partial charge on any atom is 0.261 e. The van der Waals surface area contributed by atoms with Gasteiger partial charge in [-0.05, 0) is 47.8 Å². The van der Waals surface area contributed by atoms with Crippen molar-refractivity contribution in [3.05, 3.63) is 20.3 Å². The Labute approximate surface area is 114 Å². The number of amides is 1. The molecule has 0 bridgehead atoms. The maximum atomic E-state index is 12.0. The molecule has 0 saturated heterocycles. The summed E-state index contributed by atoms with van der Waals surface area (Å²) < 4.78 is 1.00. The van der Waals surface area contributed by atoms with Gasteiger partial charge >= 0.3 is 0 Å². The first-order valence-electron chi connectivity index (χ1n) is 5.06. The zero-order valence-electron chi connectivity index (χ0n) is 9.56. The summed E-state index contributed by atoms with van der Waals surface area (Å²) in [6, 6.07) is 1.88. The van der Waals surface area contributed by atoms with E-state index in [2.05, 4.69) is 21.2 Å². The Balaban J connectivity index is 2.80. The van der Waals surface area contributed by atoms with E-state index in [0.717, 1.165) is 15.8 Å². The van der Waals surface area contributed by atoms with Crippen molar-refractivity contribution in [1.29, 1.82) is 0 Å². The molecule has 1 aromatic heterocycles. The third-order valence-electron chi connectivity index (χ3n) is 2.57. The first-order chi connectivity index (χ1) is 7.41. The molecule has 1 heterocycles. The lowest BCUT2D eigenvalue weighted by Crippen LogP contribution is -2.46. The van der Waals surface area contributed by atoms with Gasteiger partial charge in [-0.2, -0.15) is 0 Å². The summed E-state index contributed by atoms with van der Waals surface area (Å²) in [5, 5.41) is 2.97. The molecule has 1 N–H and O–H groups in total. The smallest absolute Gasteiger partial charge is 0.261 e. The highest BCUT2D eigenvalue weighted by atomic mass is 79.9. The summed E-state index contributed by atoms with van der Waals surface area (Å²) in [6.07, 6.45) is 0.813. The molecule has 1 atom stereocenters. The summed E-state index contributed by atoms with van der Waals surface area (Å²) in [7, 11) is 0. The van der Waals surface area contributed by atoms with Gasteiger partial charge in [0.1, 0.15) is 0 Å². The lowest BCUT2D eigenvalue weighted by molar-refractivity contribution is 0.0916. The fraction of sp³-hybridized carbons (Fsp3) is 0.545. The number of nitrogens with one attached hydrogen (secondary N) is 1. The van der Waals surface area contributed by atoms with Gasteiger partial charge in [0, 0.05) is 5.88 Å². The van der Waals surface area contributed by atoms with Gasteiger partial charge in [0.2, 0.25) is 0 Å². The predicted octanol–water partition coefficient (Wildman–Crippen LogP) is 3.96. The Kier molecular flexibility index (Phi) is 4.83. The van der Waals surface area contributed by atoms with E-state index in [4.69, 9.17) is 11.6 Å². The third-order valence-corrected chi connectivity index (χ3v) is 5.30. The van der Waals surface area contributed by atoms with Gasteiger partial charge in [-0.25, -0.2) is 0 Å². The number of carbonyl (C=O) groups excluding carboxylic acids is 1. The summed E-state index contributed by atoms with van der Waals surface area (Å²) in [5.74, 6) is 0.365. The number of rotatable bonds is 4. The summed E-state index contributed by atoms with van der Waals surface area (Å²) in [6.45, 7) is 5.93. The lowest BCUT2D eigenvalue weighted by Gasteiger charge is -2.26. The molecule has 0 aliphatic heterocycles. The molecule has 0 aliphatic carbocycles. The van der Waals surface area contributed by atoms with Gasteiger partial charge in [-0.1, -0.05) is 6.92 Å². The fourth-order valence-electron chi connectivity index (χ4n) is 1.12. The van der Waals surface area contributed by atoms with Crippen LogP contribution in [0.25, 0.3) is 0 Å². The topological polar surface area (TPSA) is 29.1 Å². The van der Waals surface area contributed by atoms with Crippen molar-refractivity contribution in [3.63, 3.8) is 0 Å². The van der Waals surface area contributed by atoms with Gasteiger partial charge in [-0.15, -0.1) is 22.9 Å². The number of hydrogen-bond acceptors (Lipinski definition) is 2. The van der Waals surface area contributed by atoms with E-state index in [0.29, 0.717) is 10.8 Å². The number of aryl methyl sites for hydroxylation is 1. The van der Waals surface area contributed by atoms with Crippen molar-refractivity contribution in [3.8, 4) is 0 Å². The SMILES string of the molecule is CCC(C)(CCl)NC(=O)c1cc(C)c(Br)s1. The Morgan fingerprint density at radius 3 is 2.69 bits per heavy atom. The molecular weight excluding hydrogens is 310 g/mol. The molecule has 0 radical (unpaired) electrons. The van der Waals surface area contributed by atoms with Crippen LogP contribution in [-0.4, -0.2) is 17.3 Å². The van der Waals surface area contributed by atoms with Crippen LogP contribution in [0.4, 0.5) is 0 Å². The van der Waals surface area contributed by atoms with Crippen LogP contribution in [-0.2, 0) is 0 Å². The predicted molar refractivity (Wildman–Crippen MR) is 73.6 cm³/mol. The molecule has 0 fully saturated rings. The molecule has 0 aromatic carbocycles. The Morgan fingerprint density at radius 1 is 1.69 bits per heavy atom. The van der Waals surface area contributed by atoms with Crippen molar-refractivity contribution in [2.75, 3.05) is 5.88 Å². The van der Waals surface area contributed by atoms with Crippen molar-refractivity contribution in [1.82, 2.24) is 5.32 Å². The molecule has 0 aliphatic rings. The molecule has 1 aromatic rings. The first kappa shape index (κ1) is 14.0. The number of carbonyl (C=O) groups is 1. The second kappa shape index (κ2) is 5.52. The van der Waals surface area contributed by atoms with Crippen molar-refractivity contribution >= 4 is 44.8 Å². The average Bonchev–Trinajstić information content (AvgIpc) is 2.59. The third kappa shape index (κ3) is 3.22. The normalized spacial score (nSPS) is 14.6. The van der Waals surface area contributed by atoms with Crippen molar-refractivity contribution < 1.29 is 4.79 Å². The number of halogens is 2. The Hall–Kier alpha value is -0.0600. The van der Waals surface area contributed by atoms with Gasteiger partial charge in [0.25, 0.3) is 5.91 Å². The second-order valence-electron chi connectivity index (χ2n) is 4.07. The highest BCUT2D eigenvalue weighted by molar-refractivity contribution is 9.11. The standard InChI is InChI=1S/C11H15BrClNOS/c1-4-11(3,6-13)14-10(15)8-5-7(2)9(12)16-8/h5H,4,6H2,1-3H3,(H,14,15). The Morgan fingerprint density at radius 2 is 2.31 bits per heavy atom. The molecule has 0 spiro atoms. The van der Waals surface area contributed by atoms with Gasteiger partial charge in [0.05, 0.1) is 14.2 Å². The quantitative estimate of drug-likeness (QED) is 0.835. The summed E-state index contributed by atoms with van der Waals surface area (Å²) in [5.41, 5.74) is 0.752. The summed E-state index contributed by atoms with van der Waals surface area (Å²) in [4.78, 5) is 12.7. The van der Waals surface area contributed by atoms with Crippen LogP contribution in [0, 0.1) is 6.92 Å². The minimum absolute atomic E-state index is 0.0520. The summed E-state index contributed by atoms with van der Waals surface area (Å²) >= 11 is 10.7. The van der Waals surface area contributed by atoms with E-state index in [-0.39, 0.29) is 11.4 Å². The van der Waals surface area contributed by atoms with E-state index in [1.54, 1.807) is 0 Å². The van der Waals surface area contributed by atoms with E-state index in [9.17, 15) is 4.79 Å². The van der Waals surface area contributed by atoms with Gasteiger partial charge < -0.3 is 5.32 Å². The van der Waals surface area contributed by atoms with Crippen LogP contribution in [0.1, 0.15) is 35.5 Å². The maximum absolute atomic E-state index is 12.0. The number of thiophene rings is 1. The second-order valence-corrected chi connectivity index (χ2v) is 6.71. The molecule has 16 heavy (non-hydrogen) atoms. The molecule has 5 heteroatoms. The molecule has 1 unspecified atom stereocenters. The van der Waals surface area contributed by atoms with Crippen LogP contribution in [0.2, 0.25) is 0 Å². The molecule has 2 nitrogen and oxygen atoms in total. The van der Waals surface area contributed by atoms with Crippen molar-refractivity contribution in [2.24, 2.45) is 0 Å². The number of hydrogen-bond donors (Lipinski definition) is 1. The van der Waals surface area contributed by atoms with E-state index < -0.39 is 0 Å². The molecule has 90 valence electrons. The van der Waals surface area contributed by atoms with Crippen LogP contribution in [0.5, 0.6) is 0 Å². The zero-order chi connectivity index (χ0) is 12.3. The highest BCUT2D eigenvalue weighted by Crippen LogP contribution is 2.27. The van der Waals surface area contributed by atoms with Crippen LogP contribution >= 0.6 is 38.9 Å². The minimum Gasteiger partial charge on any atom is -0.345 e. The lowest BCUT2D eigenvalue weighted by atomic mass is 10.0. The molecule has 1 amide bonds. The van der Waals surface area contributed by atoms with E-state index in [1.807, 2.05) is 26.8 Å². The molecule has 0 saturated carbocycles. The van der Waals surface area contributed by atoms with E-state index in [1.165, 1.54) is 11.3 Å².